The Hall–Kier alpha value is -1.84. The van der Waals surface area contributed by atoms with Crippen LogP contribution in [0.25, 0.3) is 0 Å². The summed E-state index contributed by atoms with van der Waals surface area (Å²) in [7, 11) is 0. The van der Waals surface area contributed by atoms with Gasteiger partial charge < -0.3 is 9.47 Å². The molecule has 0 aliphatic carbocycles. The van der Waals surface area contributed by atoms with Crippen LogP contribution < -0.4 is 0 Å². The lowest BCUT2D eigenvalue weighted by Crippen LogP contribution is -2.18. The summed E-state index contributed by atoms with van der Waals surface area (Å²) in [6.07, 6.45) is 1.20. The number of cyclic esters (lactones) is 1. The normalized spacial score (nSPS) is 20.2. The van der Waals surface area contributed by atoms with Crippen molar-refractivity contribution in [1.29, 1.82) is 0 Å². The highest BCUT2D eigenvalue weighted by molar-refractivity contribution is 5.89. The molecule has 1 aliphatic heterocycles. The number of ether oxygens (including phenoxy) is 2. The van der Waals surface area contributed by atoms with Crippen LogP contribution in [0.2, 0.25) is 0 Å². The predicted octanol–water partition coefficient (Wildman–Crippen LogP) is 1.94. The van der Waals surface area contributed by atoms with E-state index in [4.69, 9.17) is 9.47 Å². The van der Waals surface area contributed by atoms with Crippen LogP contribution in [0, 0.1) is 0 Å². The van der Waals surface area contributed by atoms with Crippen molar-refractivity contribution in [3.05, 3.63) is 35.9 Å². The minimum Gasteiger partial charge on any atom is -0.466 e. The van der Waals surface area contributed by atoms with E-state index in [2.05, 4.69) is 0 Å². The molecular formula is C13H14O4. The molecule has 0 radical (unpaired) electrons. The Morgan fingerprint density at radius 3 is 2.76 bits per heavy atom. The van der Waals surface area contributed by atoms with Gasteiger partial charge in [0.2, 0.25) is 0 Å². The molecule has 2 rings (SSSR count). The molecule has 0 bridgehead atoms. The highest BCUT2D eigenvalue weighted by Crippen LogP contribution is 2.15. The van der Waals surface area contributed by atoms with Gasteiger partial charge in [-0.25, -0.2) is 4.79 Å². The minimum absolute atomic E-state index is 0.219. The van der Waals surface area contributed by atoms with E-state index in [1.807, 2.05) is 6.07 Å². The number of carbonyl (C=O) groups is 2. The van der Waals surface area contributed by atoms with E-state index >= 15 is 0 Å². The fourth-order valence-electron chi connectivity index (χ4n) is 1.71. The standard InChI is InChI=1S/C13H14O4/c14-12-7-6-11(8-9-16-12)17-13(15)10-4-2-1-3-5-10/h1-5,11H,6-9H2. The van der Waals surface area contributed by atoms with E-state index in [9.17, 15) is 9.59 Å². The monoisotopic (exact) mass is 234 g/mol. The summed E-state index contributed by atoms with van der Waals surface area (Å²) < 4.78 is 10.2. The van der Waals surface area contributed by atoms with Gasteiger partial charge >= 0.3 is 11.9 Å². The van der Waals surface area contributed by atoms with Gasteiger partial charge in [0.25, 0.3) is 0 Å². The van der Waals surface area contributed by atoms with Crippen LogP contribution in [0.4, 0.5) is 0 Å². The molecule has 1 unspecified atom stereocenters. The lowest BCUT2D eigenvalue weighted by atomic mass is 10.1. The second-order valence-corrected chi connectivity index (χ2v) is 3.94. The second-order valence-electron chi connectivity index (χ2n) is 3.94. The second kappa shape index (κ2) is 5.48. The molecule has 4 nitrogen and oxygen atoms in total. The molecule has 0 N–H and O–H groups in total. The van der Waals surface area contributed by atoms with E-state index in [0.717, 1.165) is 0 Å². The third kappa shape index (κ3) is 3.31. The first-order chi connectivity index (χ1) is 8.25. The Labute approximate surface area is 99.5 Å². The van der Waals surface area contributed by atoms with E-state index < -0.39 is 0 Å². The smallest absolute Gasteiger partial charge is 0.338 e. The Kier molecular flexibility index (Phi) is 3.75. The zero-order valence-electron chi connectivity index (χ0n) is 9.43. The largest absolute Gasteiger partial charge is 0.466 e. The van der Waals surface area contributed by atoms with Crippen LogP contribution in [-0.4, -0.2) is 24.6 Å². The molecule has 0 spiro atoms. The lowest BCUT2D eigenvalue weighted by molar-refractivity contribution is -0.142. The number of rotatable bonds is 2. The molecule has 1 atom stereocenters. The van der Waals surface area contributed by atoms with Crippen molar-refractivity contribution in [3.8, 4) is 0 Å². The summed E-state index contributed by atoms with van der Waals surface area (Å²) >= 11 is 0. The summed E-state index contributed by atoms with van der Waals surface area (Å²) in [5, 5.41) is 0. The maximum Gasteiger partial charge on any atom is 0.338 e. The van der Waals surface area contributed by atoms with E-state index in [1.54, 1.807) is 24.3 Å². The number of benzene rings is 1. The summed E-state index contributed by atoms with van der Waals surface area (Å²) in [6.45, 7) is 0.325. The third-order valence-electron chi connectivity index (χ3n) is 2.66. The zero-order valence-corrected chi connectivity index (χ0v) is 9.43. The summed E-state index contributed by atoms with van der Waals surface area (Å²) in [4.78, 5) is 22.8. The SMILES string of the molecule is O=C1CCC(OC(=O)c2ccccc2)CCO1. The average Bonchev–Trinajstić information content (AvgIpc) is 2.56. The summed E-state index contributed by atoms with van der Waals surface area (Å²) in [5.74, 6) is -0.562. The molecule has 0 saturated carbocycles. The molecule has 1 heterocycles. The Morgan fingerprint density at radius 1 is 1.24 bits per heavy atom. The van der Waals surface area contributed by atoms with E-state index in [-0.39, 0.29) is 18.0 Å². The quantitative estimate of drug-likeness (QED) is 0.734. The number of hydrogen-bond donors (Lipinski definition) is 0. The number of esters is 2. The van der Waals surface area contributed by atoms with Crippen LogP contribution in [0.5, 0.6) is 0 Å². The summed E-state index contributed by atoms with van der Waals surface area (Å²) in [6, 6.07) is 8.84. The molecular weight excluding hydrogens is 220 g/mol. The highest BCUT2D eigenvalue weighted by Gasteiger charge is 2.21. The van der Waals surface area contributed by atoms with Gasteiger partial charge in [0, 0.05) is 12.8 Å². The van der Waals surface area contributed by atoms with Crippen molar-refractivity contribution < 1.29 is 19.1 Å². The Balaban J connectivity index is 1.92. The van der Waals surface area contributed by atoms with Crippen LogP contribution >= 0.6 is 0 Å². The van der Waals surface area contributed by atoms with Crippen molar-refractivity contribution in [3.63, 3.8) is 0 Å². The van der Waals surface area contributed by atoms with E-state index in [1.165, 1.54) is 0 Å². The predicted molar refractivity (Wildman–Crippen MR) is 60.5 cm³/mol. The van der Waals surface area contributed by atoms with Crippen molar-refractivity contribution in [2.45, 2.75) is 25.4 Å². The van der Waals surface area contributed by atoms with Gasteiger partial charge in [-0.3, -0.25) is 4.79 Å². The molecule has 4 heteroatoms. The average molecular weight is 234 g/mol. The fraction of sp³-hybridized carbons (Fsp3) is 0.385. The molecule has 0 aromatic heterocycles. The van der Waals surface area contributed by atoms with Crippen molar-refractivity contribution >= 4 is 11.9 Å². The summed E-state index contributed by atoms with van der Waals surface area (Å²) in [5.41, 5.74) is 0.531. The van der Waals surface area contributed by atoms with Gasteiger partial charge in [0.05, 0.1) is 12.2 Å². The topological polar surface area (TPSA) is 52.6 Å². The Morgan fingerprint density at radius 2 is 2.00 bits per heavy atom. The van der Waals surface area contributed by atoms with Crippen LogP contribution in [0.1, 0.15) is 29.6 Å². The van der Waals surface area contributed by atoms with Crippen molar-refractivity contribution in [2.24, 2.45) is 0 Å². The molecule has 1 fully saturated rings. The first-order valence-corrected chi connectivity index (χ1v) is 5.67. The molecule has 1 aromatic carbocycles. The van der Waals surface area contributed by atoms with Gasteiger partial charge in [-0.05, 0) is 18.6 Å². The third-order valence-corrected chi connectivity index (χ3v) is 2.66. The van der Waals surface area contributed by atoms with Crippen molar-refractivity contribution in [2.75, 3.05) is 6.61 Å². The maximum atomic E-state index is 11.8. The zero-order chi connectivity index (χ0) is 12.1. The van der Waals surface area contributed by atoms with Crippen LogP contribution in [-0.2, 0) is 14.3 Å². The van der Waals surface area contributed by atoms with Crippen LogP contribution in [0.15, 0.2) is 30.3 Å². The van der Waals surface area contributed by atoms with Crippen LogP contribution in [0.3, 0.4) is 0 Å². The van der Waals surface area contributed by atoms with E-state index in [0.29, 0.717) is 31.4 Å². The molecule has 90 valence electrons. The van der Waals surface area contributed by atoms with Gasteiger partial charge in [0.1, 0.15) is 6.10 Å². The van der Waals surface area contributed by atoms with Gasteiger partial charge in [0.15, 0.2) is 0 Å². The van der Waals surface area contributed by atoms with Gasteiger partial charge in [-0.2, -0.15) is 0 Å². The minimum atomic E-state index is -0.343. The number of carbonyl (C=O) groups excluding carboxylic acids is 2. The van der Waals surface area contributed by atoms with Crippen molar-refractivity contribution in [1.82, 2.24) is 0 Å². The Bertz CT molecular complexity index is 399. The molecule has 1 saturated heterocycles. The molecule has 1 aromatic rings. The first kappa shape index (κ1) is 11.6. The molecule has 17 heavy (non-hydrogen) atoms. The molecule has 0 amide bonds. The fourth-order valence-corrected chi connectivity index (χ4v) is 1.71. The van der Waals surface area contributed by atoms with Gasteiger partial charge in [-0.1, -0.05) is 18.2 Å². The first-order valence-electron chi connectivity index (χ1n) is 5.67. The lowest BCUT2D eigenvalue weighted by Gasteiger charge is -2.14. The number of hydrogen-bond acceptors (Lipinski definition) is 4. The highest BCUT2D eigenvalue weighted by atomic mass is 16.6. The molecule has 1 aliphatic rings. The van der Waals surface area contributed by atoms with Gasteiger partial charge in [-0.15, -0.1) is 0 Å². The maximum absolute atomic E-state index is 11.8.